The van der Waals surface area contributed by atoms with E-state index >= 15 is 0 Å². The molecule has 2 aliphatic rings. The Bertz CT molecular complexity index is 1280. The predicted molar refractivity (Wildman–Crippen MR) is 124 cm³/mol. The fourth-order valence-corrected chi connectivity index (χ4v) is 6.61. The molecule has 32 heavy (non-hydrogen) atoms. The summed E-state index contributed by atoms with van der Waals surface area (Å²) in [5.74, 6) is 1.32. The number of non-ortho nitro benzene ring substituents is 1. The molecule has 3 heterocycles. The first-order chi connectivity index (χ1) is 15.4. The quantitative estimate of drug-likeness (QED) is 0.222. The molecule has 0 bridgehead atoms. The highest BCUT2D eigenvalue weighted by Gasteiger charge is 2.25. The van der Waals surface area contributed by atoms with Gasteiger partial charge in [-0.05, 0) is 30.7 Å². The van der Waals surface area contributed by atoms with E-state index in [-0.39, 0.29) is 30.6 Å². The minimum atomic E-state index is -0.408. The van der Waals surface area contributed by atoms with Crippen molar-refractivity contribution >= 4 is 39.0 Å². The molecule has 0 radical (unpaired) electrons. The number of nitro benzene ring substituents is 1. The SMILES string of the molecule is CC(C)Cn1c(SCc2cc([N+](=O)[O-])cc3c2OCOC3)nc2sc3c(c2c1=O)CCC3. The number of thiophene rings is 1. The van der Waals surface area contributed by atoms with Gasteiger partial charge in [0.05, 0.1) is 16.9 Å². The Morgan fingerprint density at radius 2 is 2.19 bits per heavy atom. The maximum absolute atomic E-state index is 13.5. The molecule has 0 saturated carbocycles. The number of thioether (sulfide) groups is 1. The summed E-state index contributed by atoms with van der Waals surface area (Å²) >= 11 is 3.05. The fraction of sp³-hybridized carbons (Fsp3) is 0.455. The smallest absolute Gasteiger partial charge is 0.270 e. The molecule has 5 rings (SSSR count). The van der Waals surface area contributed by atoms with E-state index in [4.69, 9.17) is 14.5 Å². The molecular weight excluding hydrogens is 450 g/mol. The third-order valence-electron chi connectivity index (χ3n) is 5.68. The van der Waals surface area contributed by atoms with Gasteiger partial charge in [-0.2, -0.15) is 0 Å². The summed E-state index contributed by atoms with van der Waals surface area (Å²) in [5, 5.41) is 12.8. The number of benzene rings is 1. The molecular formula is C22H23N3O5S2. The molecule has 0 amide bonds. The fourth-order valence-electron chi connectivity index (χ4n) is 4.33. The zero-order valence-corrected chi connectivity index (χ0v) is 19.5. The maximum Gasteiger partial charge on any atom is 0.270 e. The summed E-state index contributed by atoms with van der Waals surface area (Å²) in [4.78, 5) is 31.4. The second-order valence-corrected chi connectivity index (χ2v) is 10.5. The van der Waals surface area contributed by atoms with Gasteiger partial charge in [0.2, 0.25) is 0 Å². The van der Waals surface area contributed by atoms with Crippen molar-refractivity contribution in [3.8, 4) is 5.75 Å². The van der Waals surface area contributed by atoms with Crippen LogP contribution < -0.4 is 10.3 Å². The van der Waals surface area contributed by atoms with Crippen molar-refractivity contribution in [3.05, 3.63) is 54.2 Å². The molecule has 0 spiro atoms. The lowest BCUT2D eigenvalue weighted by Crippen LogP contribution is -2.25. The van der Waals surface area contributed by atoms with E-state index in [1.54, 1.807) is 22.0 Å². The molecule has 1 aromatic carbocycles. The summed E-state index contributed by atoms with van der Waals surface area (Å²) in [6, 6.07) is 3.04. The molecule has 1 aliphatic heterocycles. The van der Waals surface area contributed by atoms with Gasteiger partial charge >= 0.3 is 0 Å². The number of ether oxygens (including phenoxy) is 2. The number of aryl methyl sites for hydroxylation is 2. The zero-order valence-electron chi connectivity index (χ0n) is 17.9. The minimum absolute atomic E-state index is 0.00566. The minimum Gasteiger partial charge on any atom is -0.467 e. The molecule has 2 aromatic heterocycles. The number of nitro groups is 1. The number of aromatic nitrogens is 2. The van der Waals surface area contributed by atoms with Crippen LogP contribution in [0.2, 0.25) is 0 Å². The van der Waals surface area contributed by atoms with Crippen molar-refractivity contribution in [1.82, 2.24) is 9.55 Å². The van der Waals surface area contributed by atoms with Gasteiger partial charge in [0.15, 0.2) is 11.9 Å². The normalized spacial score (nSPS) is 15.1. The highest BCUT2D eigenvalue weighted by molar-refractivity contribution is 7.98. The Balaban J connectivity index is 1.55. The topological polar surface area (TPSA) is 96.5 Å². The highest BCUT2D eigenvalue weighted by Crippen LogP contribution is 2.38. The predicted octanol–water partition coefficient (Wildman–Crippen LogP) is 4.67. The van der Waals surface area contributed by atoms with Crippen LogP contribution in [0, 0.1) is 16.0 Å². The second kappa shape index (κ2) is 8.49. The largest absolute Gasteiger partial charge is 0.467 e. The number of rotatable bonds is 6. The van der Waals surface area contributed by atoms with Gasteiger partial charge in [0.1, 0.15) is 10.6 Å². The molecule has 0 saturated heterocycles. The van der Waals surface area contributed by atoms with Crippen molar-refractivity contribution in [2.75, 3.05) is 6.79 Å². The molecule has 0 unspecified atom stereocenters. The van der Waals surface area contributed by atoms with E-state index in [1.807, 2.05) is 0 Å². The van der Waals surface area contributed by atoms with Crippen molar-refractivity contribution < 1.29 is 14.4 Å². The molecule has 0 atom stereocenters. The van der Waals surface area contributed by atoms with Crippen molar-refractivity contribution in [2.45, 2.75) is 57.2 Å². The van der Waals surface area contributed by atoms with Crippen LogP contribution in [0.3, 0.4) is 0 Å². The zero-order chi connectivity index (χ0) is 22.4. The van der Waals surface area contributed by atoms with E-state index in [9.17, 15) is 14.9 Å². The van der Waals surface area contributed by atoms with Crippen LogP contribution in [-0.2, 0) is 36.5 Å². The number of hydrogen-bond donors (Lipinski definition) is 0. The van der Waals surface area contributed by atoms with Crippen LogP contribution in [0.4, 0.5) is 5.69 Å². The van der Waals surface area contributed by atoms with Gasteiger partial charge in [-0.25, -0.2) is 4.98 Å². The third kappa shape index (κ3) is 3.80. The lowest BCUT2D eigenvalue weighted by Gasteiger charge is -2.20. The Kier molecular flexibility index (Phi) is 5.68. The summed E-state index contributed by atoms with van der Waals surface area (Å²) in [6.45, 7) is 5.12. The summed E-state index contributed by atoms with van der Waals surface area (Å²) in [5.41, 5.74) is 2.58. The molecule has 10 heteroatoms. The third-order valence-corrected chi connectivity index (χ3v) is 7.89. The van der Waals surface area contributed by atoms with Crippen molar-refractivity contribution in [2.24, 2.45) is 5.92 Å². The molecule has 8 nitrogen and oxygen atoms in total. The Morgan fingerprint density at radius 1 is 1.34 bits per heavy atom. The van der Waals surface area contributed by atoms with E-state index in [0.717, 1.165) is 29.5 Å². The lowest BCUT2D eigenvalue weighted by molar-refractivity contribution is -0.385. The lowest BCUT2D eigenvalue weighted by atomic mass is 10.1. The van der Waals surface area contributed by atoms with Crippen LogP contribution >= 0.6 is 23.1 Å². The maximum atomic E-state index is 13.5. The first kappa shape index (κ1) is 21.4. The molecule has 3 aromatic rings. The Hall–Kier alpha value is -2.43. The van der Waals surface area contributed by atoms with Gasteiger partial charge in [0.25, 0.3) is 11.2 Å². The van der Waals surface area contributed by atoms with Crippen LogP contribution in [-0.4, -0.2) is 21.3 Å². The second-order valence-electron chi connectivity index (χ2n) is 8.49. The average molecular weight is 474 g/mol. The Morgan fingerprint density at radius 3 is 2.97 bits per heavy atom. The monoisotopic (exact) mass is 473 g/mol. The van der Waals surface area contributed by atoms with Gasteiger partial charge in [0, 0.05) is 40.4 Å². The van der Waals surface area contributed by atoms with E-state index in [0.29, 0.717) is 34.3 Å². The molecule has 1 aliphatic carbocycles. The molecule has 0 N–H and O–H groups in total. The number of nitrogens with zero attached hydrogens (tertiary/aromatic N) is 3. The summed E-state index contributed by atoms with van der Waals surface area (Å²) in [7, 11) is 0. The number of fused-ring (bicyclic) bond motifs is 4. The van der Waals surface area contributed by atoms with Crippen LogP contribution in [0.1, 0.15) is 41.8 Å². The van der Waals surface area contributed by atoms with Gasteiger partial charge < -0.3 is 9.47 Å². The average Bonchev–Trinajstić information content (AvgIpc) is 3.34. The first-order valence-corrected chi connectivity index (χ1v) is 12.4. The van der Waals surface area contributed by atoms with Gasteiger partial charge in [-0.3, -0.25) is 19.5 Å². The molecule has 168 valence electrons. The van der Waals surface area contributed by atoms with Crippen molar-refractivity contribution in [3.63, 3.8) is 0 Å². The summed E-state index contributed by atoms with van der Waals surface area (Å²) in [6.07, 6.45) is 3.06. The van der Waals surface area contributed by atoms with Crippen molar-refractivity contribution in [1.29, 1.82) is 0 Å². The van der Waals surface area contributed by atoms with E-state index in [1.165, 1.54) is 28.3 Å². The highest BCUT2D eigenvalue weighted by atomic mass is 32.2. The van der Waals surface area contributed by atoms with Gasteiger partial charge in [-0.15, -0.1) is 11.3 Å². The van der Waals surface area contributed by atoms with Gasteiger partial charge in [-0.1, -0.05) is 25.6 Å². The molecule has 0 fully saturated rings. The van der Waals surface area contributed by atoms with E-state index in [2.05, 4.69) is 13.8 Å². The number of hydrogen-bond acceptors (Lipinski definition) is 8. The van der Waals surface area contributed by atoms with Crippen LogP contribution in [0.25, 0.3) is 10.2 Å². The standard InChI is InChI=1S/C22H23N3O5S2/c1-12(2)8-24-21(26)18-16-4-3-5-17(16)32-20(18)23-22(24)31-10-14-7-15(25(27)28)6-13-9-29-11-30-19(13)14/h6-7,12H,3-5,8-11H2,1-2H3. The summed E-state index contributed by atoms with van der Waals surface area (Å²) < 4.78 is 12.7. The van der Waals surface area contributed by atoms with E-state index < -0.39 is 4.92 Å². The first-order valence-electron chi connectivity index (χ1n) is 10.6. The Labute approximate surface area is 192 Å². The van der Waals surface area contributed by atoms with Crippen LogP contribution in [0.5, 0.6) is 5.75 Å². The van der Waals surface area contributed by atoms with Crippen LogP contribution in [0.15, 0.2) is 22.1 Å².